The van der Waals surface area contributed by atoms with Crippen LogP contribution in [0, 0.1) is 6.92 Å². The number of nitrogens with zero attached hydrogens (tertiary/aromatic N) is 1. The first-order valence-electron chi connectivity index (χ1n) is 8.50. The van der Waals surface area contributed by atoms with Crippen LogP contribution in [0.2, 0.25) is 5.02 Å². The average Bonchev–Trinajstić information content (AvgIpc) is 2.83. The molecule has 1 aliphatic heterocycles. The zero-order valence-corrected chi connectivity index (χ0v) is 15.5. The van der Waals surface area contributed by atoms with Crippen molar-refractivity contribution in [1.29, 1.82) is 0 Å². The maximum absolute atomic E-state index is 12.8. The number of ether oxygens (including phenoxy) is 1. The second kappa shape index (κ2) is 7.38. The van der Waals surface area contributed by atoms with E-state index in [0.717, 1.165) is 11.3 Å². The van der Waals surface area contributed by atoms with Crippen molar-refractivity contribution in [3.8, 4) is 5.75 Å². The summed E-state index contributed by atoms with van der Waals surface area (Å²) in [5, 5.41) is 3.37. The van der Waals surface area contributed by atoms with Crippen molar-refractivity contribution in [2.24, 2.45) is 0 Å². The van der Waals surface area contributed by atoms with Crippen LogP contribution in [0.1, 0.15) is 24.5 Å². The summed E-state index contributed by atoms with van der Waals surface area (Å²) in [6.07, 6.45) is 0.559. The summed E-state index contributed by atoms with van der Waals surface area (Å²) >= 11 is 5.91. The van der Waals surface area contributed by atoms with E-state index in [1.54, 1.807) is 31.2 Å². The molecule has 1 saturated heterocycles. The first kappa shape index (κ1) is 18.3. The molecular formula is C20H21ClN2O3. The molecule has 1 unspecified atom stereocenters. The number of benzene rings is 2. The molecule has 0 radical (unpaired) electrons. The Balaban J connectivity index is 1.59. The Bertz CT molecular complexity index is 822. The molecule has 0 saturated carbocycles. The maximum Gasteiger partial charge on any atom is 0.325 e. The molecule has 6 heteroatoms. The third-order valence-corrected chi connectivity index (χ3v) is 4.73. The minimum absolute atomic E-state index is 0.264. The second-order valence-corrected chi connectivity index (χ2v) is 6.97. The van der Waals surface area contributed by atoms with E-state index < -0.39 is 5.54 Å². The van der Waals surface area contributed by atoms with E-state index in [0.29, 0.717) is 30.2 Å². The highest BCUT2D eigenvalue weighted by molar-refractivity contribution is 6.30. The Hall–Kier alpha value is -2.53. The molecule has 1 heterocycles. The largest absolute Gasteiger partial charge is 0.494 e. The number of carbonyl (C=O) groups excluding carboxylic acids is 2. The number of rotatable bonds is 6. The number of aryl methyl sites for hydroxylation is 1. The zero-order chi connectivity index (χ0) is 18.7. The average molecular weight is 373 g/mol. The standard InChI is InChI=1S/C20H21ClN2O3/c1-14-5-3-6-17(13-14)26-12-4-11-23-18(24)20(2,22-19(23)25)15-7-9-16(21)10-8-15/h3,5-10,13H,4,11-12H2,1-2H3,(H,22,25). The molecular weight excluding hydrogens is 352 g/mol. The fourth-order valence-corrected chi connectivity index (χ4v) is 3.12. The highest BCUT2D eigenvalue weighted by atomic mass is 35.5. The molecule has 0 spiro atoms. The second-order valence-electron chi connectivity index (χ2n) is 6.54. The molecule has 1 N–H and O–H groups in total. The molecule has 5 nitrogen and oxygen atoms in total. The van der Waals surface area contributed by atoms with Gasteiger partial charge in [0, 0.05) is 11.6 Å². The summed E-state index contributed by atoms with van der Waals surface area (Å²) in [5.41, 5.74) is 0.757. The minimum atomic E-state index is -1.07. The molecule has 2 aromatic carbocycles. The van der Waals surface area contributed by atoms with Gasteiger partial charge < -0.3 is 10.1 Å². The molecule has 3 amide bonds. The number of halogens is 1. The molecule has 0 bridgehead atoms. The van der Waals surface area contributed by atoms with Crippen LogP contribution < -0.4 is 10.1 Å². The van der Waals surface area contributed by atoms with Gasteiger partial charge in [-0.3, -0.25) is 9.69 Å². The molecule has 3 rings (SSSR count). The van der Waals surface area contributed by atoms with Gasteiger partial charge in [-0.1, -0.05) is 35.9 Å². The summed E-state index contributed by atoms with van der Waals surface area (Å²) in [5.74, 6) is 0.522. The number of imide groups is 1. The van der Waals surface area contributed by atoms with E-state index in [1.165, 1.54) is 4.90 Å². The lowest BCUT2D eigenvalue weighted by Crippen LogP contribution is -2.41. The van der Waals surface area contributed by atoms with Crippen LogP contribution in [0.3, 0.4) is 0 Å². The van der Waals surface area contributed by atoms with Gasteiger partial charge in [0.15, 0.2) is 0 Å². The zero-order valence-electron chi connectivity index (χ0n) is 14.8. The van der Waals surface area contributed by atoms with Crippen LogP contribution in [0.25, 0.3) is 0 Å². The first-order chi connectivity index (χ1) is 12.4. The smallest absolute Gasteiger partial charge is 0.325 e. The SMILES string of the molecule is Cc1cccc(OCCCN2C(=O)NC(C)(c3ccc(Cl)cc3)C2=O)c1. The lowest BCUT2D eigenvalue weighted by molar-refractivity contribution is -0.131. The Morgan fingerprint density at radius 2 is 1.88 bits per heavy atom. The van der Waals surface area contributed by atoms with Gasteiger partial charge >= 0.3 is 6.03 Å². The van der Waals surface area contributed by atoms with Gasteiger partial charge in [-0.05, 0) is 55.7 Å². The first-order valence-corrected chi connectivity index (χ1v) is 8.87. The predicted molar refractivity (Wildman–Crippen MR) is 100 cm³/mol. The van der Waals surface area contributed by atoms with Crippen LogP contribution in [-0.2, 0) is 10.3 Å². The molecule has 1 aliphatic rings. The predicted octanol–water partition coefficient (Wildman–Crippen LogP) is 3.88. The summed E-state index contributed by atoms with van der Waals surface area (Å²) in [4.78, 5) is 26.3. The number of hydrogen-bond acceptors (Lipinski definition) is 3. The van der Waals surface area contributed by atoms with Gasteiger partial charge in [0.2, 0.25) is 0 Å². The van der Waals surface area contributed by atoms with Gasteiger partial charge in [-0.25, -0.2) is 4.79 Å². The van der Waals surface area contributed by atoms with Crippen LogP contribution in [0.5, 0.6) is 5.75 Å². The quantitative estimate of drug-likeness (QED) is 0.618. The van der Waals surface area contributed by atoms with Gasteiger partial charge in [-0.15, -0.1) is 0 Å². The number of urea groups is 1. The molecule has 2 aromatic rings. The summed E-state index contributed by atoms with van der Waals surface area (Å²) in [6, 6.07) is 14.3. The fourth-order valence-electron chi connectivity index (χ4n) is 3.00. The third kappa shape index (κ3) is 3.68. The van der Waals surface area contributed by atoms with Crippen LogP contribution in [-0.4, -0.2) is 30.0 Å². The van der Waals surface area contributed by atoms with E-state index in [9.17, 15) is 9.59 Å². The third-order valence-electron chi connectivity index (χ3n) is 4.48. The van der Waals surface area contributed by atoms with Crippen molar-refractivity contribution in [2.75, 3.05) is 13.2 Å². The number of hydrogen-bond donors (Lipinski definition) is 1. The van der Waals surface area contributed by atoms with Crippen molar-refractivity contribution < 1.29 is 14.3 Å². The summed E-state index contributed by atoms with van der Waals surface area (Å²) in [6.45, 7) is 4.44. The van der Waals surface area contributed by atoms with Crippen molar-refractivity contribution in [1.82, 2.24) is 10.2 Å². The van der Waals surface area contributed by atoms with Gasteiger partial charge in [0.25, 0.3) is 5.91 Å². The van der Waals surface area contributed by atoms with Crippen LogP contribution in [0.4, 0.5) is 4.79 Å². The molecule has 0 aliphatic carbocycles. The van der Waals surface area contributed by atoms with Crippen LogP contribution in [0.15, 0.2) is 48.5 Å². The Kier molecular flexibility index (Phi) is 5.18. The van der Waals surface area contributed by atoms with Gasteiger partial charge in [0.1, 0.15) is 11.3 Å². The molecule has 0 aromatic heterocycles. The number of amides is 3. The minimum Gasteiger partial charge on any atom is -0.494 e. The highest BCUT2D eigenvalue weighted by Crippen LogP contribution is 2.29. The normalized spacial score (nSPS) is 19.6. The maximum atomic E-state index is 12.8. The van der Waals surface area contributed by atoms with Crippen molar-refractivity contribution in [2.45, 2.75) is 25.8 Å². The van der Waals surface area contributed by atoms with Gasteiger partial charge in [-0.2, -0.15) is 0 Å². The highest BCUT2D eigenvalue weighted by Gasteiger charge is 2.48. The molecule has 1 fully saturated rings. The van der Waals surface area contributed by atoms with Crippen molar-refractivity contribution >= 4 is 23.5 Å². The molecule has 136 valence electrons. The summed E-state index contributed by atoms with van der Waals surface area (Å²) in [7, 11) is 0. The Morgan fingerprint density at radius 1 is 1.15 bits per heavy atom. The summed E-state index contributed by atoms with van der Waals surface area (Å²) < 4.78 is 5.68. The van der Waals surface area contributed by atoms with Crippen molar-refractivity contribution in [3.63, 3.8) is 0 Å². The van der Waals surface area contributed by atoms with E-state index in [-0.39, 0.29) is 11.9 Å². The number of carbonyl (C=O) groups is 2. The monoisotopic (exact) mass is 372 g/mol. The lowest BCUT2D eigenvalue weighted by Gasteiger charge is -2.22. The topological polar surface area (TPSA) is 58.6 Å². The lowest BCUT2D eigenvalue weighted by atomic mass is 9.92. The van der Waals surface area contributed by atoms with Gasteiger partial charge in [0.05, 0.1) is 6.61 Å². The van der Waals surface area contributed by atoms with E-state index in [4.69, 9.17) is 16.3 Å². The van der Waals surface area contributed by atoms with E-state index in [1.807, 2.05) is 31.2 Å². The molecule has 26 heavy (non-hydrogen) atoms. The van der Waals surface area contributed by atoms with Crippen molar-refractivity contribution in [3.05, 3.63) is 64.7 Å². The Labute approximate surface area is 157 Å². The van der Waals surface area contributed by atoms with Crippen LogP contribution >= 0.6 is 11.6 Å². The number of nitrogens with one attached hydrogen (secondary N) is 1. The van der Waals surface area contributed by atoms with E-state index in [2.05, 4.69) is 5.32 Å². The molecule has 1 atom stereocenters. The van der Waals surface area contributed by atoms with E-state index >= 15 is 0 Å². The fraction of sp³-hybridized carbons (Fsp3) is 0.300. The Morgan fingerprint density at radius 3 is 2.58 bits per heavy atom.